The minimum absolute atomic E-state index is 0.0105. The first-order valence-electron chi connectivity index (χ1n) is 11.5. The van der Waals surface area contributed by atoms with Gasteiger partial charge in [0.25, 0.3) is 0 Å². The number of morpholine rings is 1. The Morgan fingerprint density at radius 1 is 1.06 bits per heavy atom. The summed E-state index contributed by atoms with van der Waals surface area (Å²) < 4.78 is 7.53. The molecule has 1 amide bonds. The molecule has 1 fully saturated rings. The zero-order valence-corrected chi connectivity index (χ0v) is 20.3. The summed E-state index contributed by atoms with van der Waals surface area (Å²) >= 11 is 1.37. The number of rotatable bonds is 9. The van der Waals surface area contributed by atoms with Gasteiger partial charge in [0.1, 0.15) is 0 Å². The third-order valence-electron chi connectivity index (χ3n) is 5.57. The number of aryl methyl sites for hydroxylation is 1. The number of thioether (sulfide) groups is 1. The number of nitrogens with one attached hydrogen (secondary N) is 1. The fourth-order valence-corrected chi connectivity index (χ4v) is 4.59. The molecule has 0 aliphatic carbocycles. The molecule has 0 radical (unpaired) electrons. The third-order valence-corrected chi connectivity index (χ3v) is 6.50. The third kappa shape index (κ3) is 5.66. The number of hydrogen-bond acceptors (Lipinski definition) is 7. The number of ether oxygens (including phenoxy) is 1. The van der Waals surface area contributed by atoms with Crippen LogP contribution in [0.1, 0.15) is 35.7 Å². The molecule has 1 N–H and O–H groups in total. The van der Waals surface area contributed by atoms with Crippen LogP contribution < -0.4 is 10.2 Å². The van der Waals surface area contributed by atoms with Crippen molar-refractivity contribution < 1.29 is 14.3 Å². The van der Waals surface area contributed by atoms with E-state index in [4.69, 9.17) is 4.74 Å². The maximum Gasteiger partial charge on any atom is 0.232 e. The standard InChI is InChI=1S/C25H29N5O3S/c1-3-6-23(32)26-20-11-9-19(10-12-20)22(31)17-34-25-28-27-24(29-13-15-33-16-14-29)30(25)21-8-5-4-7-18(21)2/h4-5,7-12H,3,6,13-17H2,1-2H3,(H,26,32). The molecule has 34 heavy (non-hydrogen) atoms. The SMILES string of the molecule is CCCC(=O)Nc1ccc(C(=O)CSc2nnc(N3CCOCC3)n2-c2ccccc2C)cc1. The second-order valence-electron chi connectivity index (χ2n) is 8.09. The number of carbonyl (C=O) groups excluding carboxylic acids is 2. The number of benzene rings is 2. The molecule has 8 nitrogen and oxygen atoms in total. The highest BCUT2D eigenvalue weighted by atomic mass is 32.2. The number of anilines is 2. The average molecular weight is 480 g/mol. The van der Waals surface area contributed by atoms with Gasteiger partial charge in [0.15, 0.2) is 10.9 Å². The van der Waals surface area contributed by atoms with Crippen molar-refractivity contribution in [3.63, 3.8) is 0 Å². The number of para-hydroxylation sites is 1. The summed E-state index contributed by atoms with van der Waals surface area (Å²) in [6.07, 6.45) is 1.27. The highest BCUT2D eigenvalue weighted by Gasteiger charge is 2.23. The Labute approximate surface area is 203 Å². The van der Waals surface area contributed by atoms with E-state index in [1.165, 1.54) is 11.8 Å². The van der Waals surface area contributed by atoms with Crippen molar-refractivity contribution in [1.29, 1.82) is 0 Å². The van der Waals surface area contributed by atoms with Gasteiger partial charge in [-0.15, -0.1) is 10.2 Å². The smallest absolute Gasteiger partial charge is 0.232 e. The molecule has 2 aromatic carbocycles. The number of ketones is 1. The van der Waals surface area contributed by atoms with Crippen LogP contribution in [0, 0.1) is 6.92 Å². The molecule has 0 saturated carbocycles. The van der Waals surface area contributed by atoms with E-state index in [0.29, 0.717) is 36.0 Å². The van der Waals surface area contributed by atoms with E-state index in [1.54, 1.807) is 24.3 Å². The van der Waals surface area contributed by atoms with Gasteiger partial charge in [0, 0.05) is 30.8 Å². The Balaban J connectivity index is 1.50. The maximum absolute atomic E-state index is 12.9. The second kappa shape index (κ2) is 11.3. The Hall–Kier alpha value is -3.17. The minimum Gasteiger partial charge on any atom is -0.378 e. The maximum atomic E-state index is 12.9. The summed E-state index contributed by atoms with van der Waals surface area (Å²) in [6.45, 7) is 6.80. The van der Waals surface area contributed by atoms with Crippen LogP contribution in [0.3, 0.4) is 0 Å². The van der Waals surface area contributed by atoms with E-state index in [0.717, 1.165) is 36.7 Å². The van der Waals surface area contributed by atoms with Gasteiger partial charge >= 0.3 is 0 Å². The van der Waals surface area contributed by atoms with Gasteiger partial charge in [0.2, 0.25) is 11.9 Å². The number of nitrogens with zero attached hydrogens (tertiary/aromatic N) is 4. The molecule has 1 aliphatic rings. The first-order valence-corrected chi connectivity index (χ1v) is 12.5. The molecule has 178 valence electrons. The highest BCUT2D eigenvalue weighted by Crippen LogP contribution is 2.29. The van der Waals surface area contributed by atoms with Crippen LogP contribution in [0.25, 0.3) is 5.69 Å². The van der Waals surface area contributed by atoms with Crippen LogP contribution in [-0.4, -0.2) is 58.5 Å². The second-order valence-corrected chi connectivity index (χ2v) is 9.03. The zero-order valence-electron chi connectivity index (χ0n) is 19.5. The van der Waals surface area contributed by atoms with Crippen molar-refractivity contribution in [1.82, 2.24) is 14.8 Å². The van der Waals surface area contributed by atoms with Crippen LogP contribution in [0.4, 0.5) is 11.6 Å². The summed E-state index contributed by atoms with van der Waals surface area (Å²) in [5.74, 6) is 0.960. The Morgan fingerprint density at radius 3 is 2.50 bits per heavy atom. The summed E-state index contributed by atoms with van der Waals surface area (Å²) in [5.41, 5.74) is 3.38. The Bertz CT molecular complexity index is 1140. The fourth-order valence-electron chi connectivity index (χ4n) is 3.75. The first kappa shape index (κ1) is 24.0. The van der Waals surface area contributed by atoms with E-state index >= 15 is 0 Å². The van der Waals surface area contributed by atoms with Crippen molar-refractivity contribution in [2.45, 2.75) is 31.8 Å². The van der Waals surface area contributed by atoms with Gasteiger partial charge in [-0.05, 0) is 49.2 Å². The summed E-state index contributed by atoms with van der Waals surface area (Å²) in [6, 6.07) is 15.1. The zero-order chi connectivity index (χ0) is 23.9. The van der Waals surface area contributed by atoms with Gasteiger partial charge in [-0.3, -0.25) is 14.2 Å². The molecule has 4 rings (SSSR count). The first-order chi connectivity index (χ1) is 16.6. The van der Waals surface area contributed by atoms with Crippen molar-refractivity contribution in [3.05, 3.63) is 59.7 Å². The van der Waals surface area contributed by atoms with Crippen LogP contribution in [0.15, 0.2) is 53.7 Å². The molecule has 1 aromatic heterocycles. The van der Waals surface area contributed by atoms with Crippen molar-refractivity contribution in [2.24, 2.45) is 0 Å². The molecule has 0 spiro atoms. The molecule has 0 unspecified atom stereocenters. The summed E-state index contributed by atoms with van der Waals surface area (Å²) in [4.78, 5) is 26.8. The van der Waals surface area contributed by atoms with E-state index in [-0.39, 0.29) is 17.4 Å². The van der Waals surface area contributed by atoms with E-state index in [9.17, 15) is 9.59 Å². The fraction of sp³-hybridized carbons (Fsp3) is 0.360. The van der Waals surface area contributed by atoms with Gasteiger partial charge in [-0.2, -0.15) is 0 Å². The predicted octanol–water partition coefficient (Wildman–Crippen LogP) is 4.13. The number of Topliss-reactive ketones (excluding diaryl/α,β-unsaturated/α-hetero) is 1. The Kier molecular flexibility index (Phi) is 7.97. The van der Waals surface area contributed by atoms with E-state index in [1.807, 2.05) is 29.7 Å². The molecule has 0 bridgehead atoms. The van der Waals surface area contributed by atoms with Crippen LogP contribution >= 0.6 is 11.8 Å². The molecule has 9 heteroatoms. The average Bonchev–Trinajstić information content (AvgIpc) is 3.27. The molecule has 1 saturated heterocycles. The lowest BCUT2D eigenvalue weighted by atomic mass is 10.1. The quantitative estimate of drug-likeness (QED) is 0.365. The van der Waals surface area contributed by atoms with Crippen LogP contribution in [0.5, 0.6) is 0 Å². The largest absolute Gasteiger partial charge is 0.378 e. The lowest BCUT2D eigenvalue weighted by Crippen LogP contribution is -2.38. The van der Waals surface area contributed by atoms with Gasteiger partial charge in [-0.1, -0.05) is 36.9 Å². The van der Waals surface area contributed by atoms with Crippen molar-refractivity contribution in [2.75, 3.05) is 42.3 Å². The summed E-state index contributed by atoms with van der Waals surface area (Å²) in [5, 5.41) is 12.4. The normalized spacial score (nSPS) is 13.6. The van der Waals surface area contributed by atoms with E-state index in [2.05, 4.69) is 33.4 Å². The highest BCUT2D eigenvalue weighted by molar-refractivity contribution is 7.99. The monoisotopic (exact) mass is 479 g/mol. The topological polar surface area (TPSA) is 89.3 Å². The van der Waals surface area contributed by atoms with Gasteiger partial charge in [-0.25, -0.2) is 0 Å². The summed E-state index contributed by atoms with van der Waals surface area (Å²) in [7, 11) is 0. The van der Waals surface area contributed by atoms with E-state index < -0.39 is 0 Å². The minimum atomic E-state index is -0.0243. The molecular formula is C25H29N5O3S. The van der Waals surface area contributed by atoms with Crippen molar-refractivity contribution >= 4 is 35.1 Å². The van der Waals surface area contributed by atoms with Crippen LogP contribution in [-0.2, 0) is 9.53 Å². The molecule has 0 atom stereocenters. The van der Waals surface area contributed by atoms with Gasteiger partial charge in [0.05, 0.1) is 24.7 Å². The molecule has 1 aliphatic heterocycles. The molecule has 3 aromatic rings. The molecular weight excluding hydrogens is 450 g/mol. The number of hydrogen-bond donors (Lipinski definition) is 1. The number of amides is 1. The van der Waals surface area contributed by atoms with Crippen LogP contribution in [0.2, 0.25) is 0 Å². The lowest BCUT2D eigenvalue weighted by Gasteiger charge is -2.28. The van der Waals surface area contributed by atoms with Gasteiger partial charge < -0.3 is 15.0 Å². The predicted molar refractivity (Wildman–Crippen MR) is 134 cm³/mol. The Morgan fingerprint density at radius 2 is 1.79 bits per heavy atom. The lowest BCUT2D eigenvalue weighted by molar-refractivity contribution is -0.116. The van der Waals surface area contributed by atoms with Crippen molar-refractivity contribution in [3.8, 4) is 5.69 Å². The molecule has 2 heterocycles. The number of aromatic nitrogens is 3. The number of carbonyl (C=O) groups is 2.